The van der Waals surface area contributed by atoms with Crippen molar-refractivity contribution in [2.75, 3.05) is 12.8 Å². The summed E-state index contributed by atoms with van der Waals surface area (Å²) in [5.41, 5.74) is -0.660. The third-order valence-corrected chi connectivity index (χ3v) is 6.51. The van der Waals surface area contributed by atoms with Gasteiger partial charge in [-0.3, -0.25) is 4.99 Å². The highest BCUT2D eigenvalue weighted by Crippen LogP contribution is 2.48. The summed E-state index contributed by atoms with van der Waals surface area (Å²) in [5.74, 6) is 0.0593. The summed E-state index contributed by atoms with van der Waals surface area (Å²) < 4.78 is 81.3. The molecular formula is C20H19F6N5S. The Bertz CT molecular complexity index is 1190. The van der Waals surface area contributed by atoms with Gasteiger partial charge in [-0.15, -0.1) is 11.8 Å². The smallest absolute Gasteiger partial charge is 0.327 e. The van der Waals surface area contributed by atoms with E-state index in [2.05, 4.69) is 15.0 Å². The van der Waals surface area contributed by atoms with Gasteiger partial charge in [0.05, 0.1) is 17.2 Å². The Morgan fingerprint density at radius 2 is 1.81 bits per heavy atom. The van der Waals surface area contributed by atoms with Crippen LogP contribution in [0.25, 0.3) is 16.6 Å². The van der Waals surface area contributed by atoms with Crippen LogP contribution in [-0.4, -0.2) is 49.8 Å². The van der Waals surface area contributed by atoms with Gasteiger partial charge in [0.15, 0.2) is 0 Å². The molecule has 172 valence electrons. The fourth-order valence-corrected chi connectivity index (χ4v) is 4.95. The first-order valence-corrected chi connectivity index (χ1v) is 10.6. The fourth-order valence-electron chi connectivity index (χ4n) is 4.11. The van der Waals surface area contributed by atoms with Crippen LogP contribution >= 0.6 is 11.8 Å². The quantitative estimate of drug-likeness (QED) is 0.558. The van der Waals surface area contributed by atoms with Crippen molar-refractivity contribution in [1.82, 2.24) is 19.4 Å². The molecule has 1 unspecified atom stereocenters. The molecule has 2 aliphatic rings. The molecule has 0 bridgehead atoms. The van der Waals surface area contributed by atoms with Crippen LogP contribution in [0.1, 0.15) is 31.8 Å². The topological polar surface area (TPSA) is 46.3 Å². The first-order chi connectivity index (χ1) is 14.8. The maximum atomic E-state index is 13.5. The number of alkyl halides is 6. The van der Waals surface area contributed by atoms with Crippen molar-refractivity contribution in [1.29, 1.82) is 0 Å². The zero-order valence-electron chi connectivity index (χ0n) is 17.6. The Morgan fingerprint density at radius 3 is 2.41 bits per heavy atom. The lowest BCUT2D eigenvalue weighted by atomic mass is 9.85. The van der Waals surface area contributed by atoms with Gasteiger partial charge < -0.3 is 9.47 Å². The number of halogens is 6. The second-order valence-electron chi connectivity index (χ2n) is 7.80. The number of hydrogen-bond acceptors (Lipinski definition) is 5. The van der Waals surface area contributed by atoms with Crippen LogP contribution in [0, 0.1) is 0 Å². The molecule has 2 aromatic heterocycles. The lowest BCUT2D eigenvalue weighted by molar-refractivity contribution is -0.141. The third kappa shape index (κ3) is 3.57. The number of allylic oxidation sites excluding steroid dienone is 1. The van der Waals surface area contributed by atoms with Crippen molar-refractivity contribution in [2.45, 2.75) is 38.2 Å². The number of rotatable bonds is 3. The summed E-state index contributed by atoms with van der Waals surface area (Å²) in [4.78, 5) is 13.7. The van der Waals surface area contributed by atoms with Crippen LogP contribution in [0.5, 0.6) is 0 Å². The Balaban J connectivity index is 1.87. The fraction of sp³-hybridized carbons (Fsp3) is 0.450. The standard InChI is InChI=1S/C20H19F6N5S/c1-5-32-13-7-15-18(2,29-17(31(15)4)20(24,25)26)8-10(13)16-28-11-6-14(19(21,22)23)27-9-12(11)30(16)3/h6-7,9H,5,8H2,1-4H3. The Kier molecular flexibility index (Phi) is 5.14. The molecule has 4 rings (SSSR count). The molecule has 0 spiro atoms. The van der Waals surface area contributed by atoms with E-state index in [4.69, 9.17) is 0 Å². The van der Waals surface area contributed by atoms with E-state index < -0.39 is 29.4 Å². The van der Waals surface area contributed by atoms with Gasteiger partial charge in [-0.2, -0.15) is 26.3 Å². The molecule has 5 nitrogen and oxygen atoms in total. The molecule has 32 heavy (non-hydrogen) atoms. The van der Waals surface area contributed by atoms with Crippen LogP contribution in [0.3, 0.4) is 0 Å². The number of likely N-dealkylation sites (N-methyl/N-ethyl adjacent to an activating group) is 1. The van der Waals surface area contributed by atoms with Gasteiger partial charge in [0, 0.05) is 36.7 Å². The molecule has 0 saturated carbocycles. The normalized spacial score (nSPS) is 21.9. The molecule has 1 atom stereocenters. The van der Waals surface area contributed by atoms with Gasteiger partial charge >= 0.3 is 12.4 Å². The summed E-state index contributed by atoms with van der Waals surface area (Å²) in [6.07, 6.45) is -6.31. The highest BCUT2D eigenvalue weighted by atomic mass is 32.2. The van der Waals surface area contributed by atoms with Crippen LogP contribution < -0.4 is 0 Å². The molecule has 12 heteroatoms. The maximum absolute atomic E-state index is 13.5. The van der Waals surface area contributed by atoms with Crippen molar-refractivity contribution >= 4 is 34.2 Å². The van der Waals surface area contributed by atoms with Gasteiger partial charge in [0.25, 0.3) is 0 Å². The van der Waals surface area contributed by atoms with Gasteiger partial charge in [0.2, 0.25) is 5.84 Å². The predicted octanol–water partition coefficient (Wildman–Crippen LogP) is 5.40. The molecule has 0 aromatic carbocycles. The van der Waals surface area contributed by atoms with E-state index in [0.29, 0.717) is 33.3 Å². The van der Waals surface area contributed by atoms with Crippen molar-refractivity contribution in [3.8, 4) is 0 Å². The summed E-state index contributed by atoms with van der Waals surface area (Å²) >= 11 is 1.44. The predicted molar refractivity (Wildman–Crippen MR) is 111 cm³/mol. The highest BCUT2D eigenvalue weighted by molar-refractivity contribution is 8.03. The maximum Gasteiger partial charge on any atom is 0.449 e. The number of nitrogens with zero attached hydrogens (tertiary/aromatic N) is 5. The number of imidazole rings is 1. The van der Waals surface area contributed by atoms with E-state index in [1.807, 2.05) is 6.92 Å². The van der Waals surface area contributed by atoms with Gasteiger partial charge in [0.1, 0.15) is 17.1 Å². The second-order valence-corrected chi connectivity index (χ2v) is 9.10. The average Bonchev–Trinajstić information content (AvgIpc) is 3.15. The van der Waals surface area contributed by atoms with Crippen LogP contribution in [0.15, 0.2) is 33.9 Å². The number of fused-ring (bicyclic) bond motifs is 2. The first-order valence-electron chi connectivity index (χ1n) is 9.65. The summed E-state index contributed by atoms with van der Waals surface area (Å²) in [6.45, 7) is 3.53. The highest BCUT2D eigenvalue weighted by Gasteiger charge is 2.51. The summed E-state index contributed by atoms with van der Waals surface area (Å²) in [6, 6.07) is 0.876. The first kappa shape index (κ1) is 22.7. The molecule has 0 radical (unpaired) electrons. The molecule has 0 N–H and O–H groups in total. The van der Waals surface area contributed by atoms with E-state index in [0.717, 1.165) is 17.2 Å². The van der Waals surface area contributed by atoms with Crippen molar-refractivity contribution < 1.29 is 26.3 Å². The molecule has 0 amide bonds. The number of pyridine rings is 1. The molecule has 3 heterocycles. The number of amidine groups is 1. The van der Waals surface area contributed by atoms with Gasteiger partial charge in [-0.25, -0.2) is 9.97 Å². The number of hydrogen-bond donors (Lipinski definition) is 0. The number of aromatic nitrogens is 3. The largest absolute Gasteiger partial charge is 0.449 e. The number of aliphatic imine (C=N–C) groups is 1. The van der Waals surface area contributed by atoms with E-state index in [9.17, 15) is 26.3 Å². The summed E-state index contributed by atoms with van der Waals surface area (Å²) in [5, 5.41) is 0. The Labute approximate surface area is 183 Å². The van der Waals surface area contributed by atoms with Crippen molar-refractivity contribution in [3.05, 3.63) is 40.5 Å². The molecule has 0 fully saturated rings. The van der Waals surface area contributed by atoms with Crippen LogP contribution in [0.4, 0.5) is 26.3 Å². The molecule has 0 saturated heterocycles. The minimum Gasteiger partial charge on any atom is -0.327 e. The van der Waals surface area contributed by atoms with E-state index in [1.165, 1.54) is 18.8 Å². The second kappa shape index (κ2) is 7.26. The minimum atomic E-state index is -4.61. The third-order valence-electron chi connectivity index (χ3n) is 5.55. The van der Waals surface area contributed by atoms with E-state index in [-0.39, 0.29) is 11.9 Å². The van der Waals surface area contributed by atoms with Gasteiger partial charge in [-0.05, 0) is 24.8 Å². The van der Waals surface area contributed by atoms with Gasteiger partial charge in [-0.1, -0.05) is 6.92 Å². The molecule has 2 aromatic rings. The monoisotopic (exact) mass is 475 g/mol. The average molecular weight is 475 g/mol. The van der Waals surface area contributed by atoms with Crippen molar-refractivity contribution in [2.24, 2.45) is 12.0 Å². The molecular weight excluding hydrogens is 456 g/mol. The van der Waals surface area contributed by atoms with Crippen molar-refractivity contribution in [3.63, 3.8) is 0 Å². The summed E-state index contributed by atoms with van der Waals surface area (Å²) in [7, 11) is 2.98. The number of aryl methyl sites for hydroxylation is 1. The lowest BCUT2D eigenvalue weighted by Gasteiger charge is -2.32. The van der Waals surface area contributed by atoms with Crippen LogP contribution in [0.2, 0.25) is 0 Å². The minimum absolute atomic E-state index is 0.112. The van der Waals surface area contributed by atoms with E-state index in [1.54, 1.807) is 24.6 Å². The lowest BCUT2D eigenvalue weighted by Crippen LogP contribution is -2.36. The molecule has 1 aliphatic carbocycles. The number of thioether (sulfide) groups is 1. The SMILES string of the molecule is CCSC1=C(c2nc3cc(C(F)(F)F)ncc3n2C)CC2(C)N=C(C(F)(F)F)N(C)C2=C1. The molecule has 1 aliphatic heterocycles. The zero-order chi connectivity index (χ0) is 23.6. The van der Waals surface area contributed by atoms with E-state index >= 15 is 0 Å². The van der Waals surface area contributed by atoms with Crippen LogP contribution in [-0.2, 0) is 13.2 Å². The Morgan fingerprint density at radius 1 is 1.12 bits per heavy atom. The Hall–Kier alpha value is -2.50. The zero-order valence-corrected chi connectivity index (χ0v) is 18.4.